The van der Waals surface area contributed by atoms with Crippen LogP contribution in [0.4, 0.5) is 0 Å². The summed E-state index contributed by atoms with van der Waals surface area (Å²) in [5, 5.41) is 3.51. The average molecular weight is 291 g/mol. The first kappa shape index (κ1) is 14.1. The Hall–Kier alpha value is -2.34. The van der Waals surface area contributed by atoms with Crippen LogP contribution in [0.2, 0.25) is 0 Å². The summed E-state index contributed by atoms with van der Waals surface area (Å²) in [6.07, 6.45) is 1.29. The lowest BCUT2D eigenvalue weighted by Crippen LogP contribution is -2.02. The number of oxime groups is 1. The number of rotatable bonds is 5. The Bertz CT molecular complexity index is 696. The molecule has 2 aromatic carbocycles. The lowest BCUT2D eigenvalue weighted by atomic mass is 10.2. The van der Waals surface area contributed by atoms with Gasteiger partial charge in [0.15, 0.2) is 0 Å². The van der Waals surface area contributed by atoms with Gasteiger partial charge in [0.1, 0.15) is 10.6 Å². The predicted octanol–water partition coefficient (Wildman–Crippen LogP) is 2.43. The van der Waals surface area contributed by atoms with Crippen LogP contribution >= 0.6 is 0 Å². The van der Waals surface area contributed by atoms with Crippen molar-refractivity contribution in [3.63, 3.8) is 0 Å². The normalized spacial score (nSPS) is 11.4. The van der Waals surface area contributed by atoms with Crippen molar-refractivity contribution in [3.05, 3.63) is 60.2 Å². The fraction of sp³-hybridized carbons (Fsp3) is 0.0714. The van der Waals surface area contributed by atoms with E-state index in [9.17, 15) is 8.42 Å². The highest BCUT2D eigenvalue weighted by atomic mass is 32.2. The Labute approximate surface area is 117 Å². The molecule has 0 fully saturated rings. The topological polar surface area (TPSA) is 65.0 Å². The lowest BCUT2D eigenvalue weighted by molar-refractivity contribution is 0.340. The molecule has 2 rings (SSSR count). The summed E-state index contributed by atoms with van der Waals surface area (Å²) in [7, 11) is -2.37. The molecule has 0 saturated heterocycles. The van der Waals surface area contributed by atoms with Gasteiger partial charge in [0.05, 0.1) is 13.3 Å². The molecule has 0 aliphatic heterocycles. The monoisotopic (exact) mass is 291 g/mol. The molecule has 0 aliphatic rings. The maximum absolute atomic E-state index is 11.8. The predicted molar refractivity (Wildman–Crippen MR) is 75.3 cm³/mol. The van der Waals surface area contributed by atoms with E-state index in [1.165, 1.54) is 25.5 Å². The molecule has 0 saturated carbocycles. The molecule has 0 N–H and O–H groups in total. The van der Waals surface area contributed by atoms with Crippen molar-refractivity contribution in [1.82, 2.24) is 0 Å². The molecule has 104 valence electrons. The minimum atomic E-state index is -3.89. The van der Waals surface area contributed by atoms with Crippen LogP contribution in [0.3, 0.4) is 0 Å². The highest BCUT2D eigenvalue weighted by Crippen LogP contribution is 2.16. The second kappa shape index (κ2) is 6.21. The van der Waals surface area contributed by atoms with Crippen LogP contribution < -0.4 is 4.74 Å². The minimum absolute atomic E-state index is 0.0529. The third kappa shape index (κ3) is 3.36. The molecular weight excluding hydrogens is 278 g/mol. The summed E-state index contributed by atoms with van der Waals surface area (Å²) < 4.78 is 33.3. The van der Waals surface area contributed by atoms with E-state index in [1.807, 2.05) is 0 Å². The number of methoxy groups -OCH3 is 1. The Balaban J connectivity index is 2.14. The second-order valence-corrected chi connectivity index (χ2v) is 5.35. The number of ether oxygens (including phenoxy) is 1. The molecule has 20 heavy (non-hydrogen) atoms. The van der Waals surface area contributed by atoms with Gasteiger partial charge in [-0.25, -0.2) is 0 Å². The van der Waals surface area contributed by atoms with Gasteiger partial charge in [-0.1, -0.05) is 35.5 Å². The standard InChI is InChI=1S/C14H13NO4S/c1-18-14-10-6-5-7-12(14)11-15-19-20(16,17)13-8-3-2-4-9-13/h2-11H,1H3. The molecule has 2 aromatic rings. The second-order valence-electron chi connectivity index (χ2n) is 3.82. The number of para-hydroxylation sites is 1. The zero-order valence-corrected chi connectivity index (χ0v) is 11.6. The first-order valence-electron chi connectivity index (χ1n) is 5.78. The van der Waals surface area contributed by atoms with E-state index in [0.717, 1.165) is 0 Å². The molecule has 0 spiro atoms. The van der Waals surface area contributed by atoms with Crippen molar-refractivity contribution < 1.29 is 17.4 Å². The molecule has 0 atom stereocenters. The maximum atomic E-state index is 11.8. The molecule has 0 unspecified atom stereocenters. The van der Waals surface area contributed by atoms with Gasteiger partial charge in [-0.3, -0.25) is 4.28 Å². The molecular formula is C14H13NO4S. The van der Waals surface area contributed by atoms with E-state index in [2.05, 4.69) is 9.44 Å². The molecule has 0 amide bonds. The van der Waals surface area contributed by atoms with Crippen molar-refractivity contribution in [2.24, 2.45) is 5.16 Å². The van der Waals surface area contributed by atoms with Crippen LogP contribution in [-0.2, 0) is 14.4 Å². The zero-order chi connectivity index (χ0) is 14.4. The Morgan fingerprint density at radius 2 is 1.65 bits per heavy atom. The van der Waals surface area contributed by atoms with Crippen LogP contribution in [0, 0.1) is 0 Å². The molecule has 6 heteroatoms. The van der Waals surface area contributed by atoms with Crippen LogP contribution in [0.25, 0.3) is 0 Å². The van der Waals surface area contributed by atoms with E-state index < -0.39 is 10.1 Å². The van der Waals surface area contributed by atoms with E-state index in [1.54, 1.807) is 42.5 Å². The van der Waals surface area contributed by atoms with Gasteiger partial charge in [0, 0.05) is 5.56 Å². The minimum Gasteiger partial charge on any atom is -0.496 e. The molecule has 5 nitrogen and oxygen atoms in total. The summed E-state index contributed by atoms with van der Waals surface area (Å²) in [5.74, 6) is 0.581. The summed E-state index contributed by atoms with van der Waals surface area (Å²) in [6, 6.07) is 14.9. The van der Waals surface area contributed by atoms with Crippen LogP contribution in [0.15, 0.2) is 64.6 Å². The number of nitrogens with zero attached hydrogens (tertiary/aromatic N) is 1. The fourth-order valence-corrected chi connectivity index (χ4v) is 2.27. The van der Waals surface area contributed by atoms with Crippen LogP contribution in [-0.4, -0.2) is 21.7 Å². The quantitative estimate of drug-likeness (QED) is 0.627. The van der Waals surface area contributed by atoms with Gasteiger partial charge in [-0.05, 0) is 24.3 Å². The highest BCUT2D eigenvalue weighted by Gasteiger charge is 2.14. The third-order valence-electron chi connectivity index (χ3n) is 2.50. The van der Waals surface area contributed by atoms with Crippen molar-refractivity contribution in [3.8, 4) is 5.75 Å². The van der Waals surface area contributed by atoms with Crippen molar-refractivity contribution in [2.45, 2.75) is 4.90 Å². The average Bonchev–Trinajstić information content (AvgIpc) is 2.48. The summed E-state index contributed by atoms with van der Waals surface area (Å²) >= 11 is 0. The summed E-state index contributed by atoms with van der Waals surface area (Å²) in [6.45, 7) is 0. The molecule has 0 aliphatic carbocycles. The molecule has 0 aromatic heterocycles. The van der Waals surface area contributed by atoms with Gasteiger partial charge in [-0.15, -0.1) is 0 Å². The third-order valence-corrected chi connectivity index (χ3v) is 3.64. The zero-order valence-electron chi connectivity index (χ0n) is 10.8. The maximum Gasteiger partial charge on any atom is 0.358 e. The Kier molecular flexibility index (Phi) is 4.37. The van der Waals surface area contributed by atoms with Crippen molar-refractivity contribution >= 4 is 16.3 Å². The van der Waals surface area contributed by atoms with E-state index >= 15 is 0 Å². The number of hydrogen-bond acceptors (Lipinski definition) is 5. The Morgan fingerprint density at radius 3 is 2.35 bits per heavy atom. The first-order chi connectivity index (χ1) is 9.63. The number of hydrogen-bond donors (Lipinski definition) is 0. The van der Waals surface area contributed by atoms with Gasteiger partial charge >= 0.3 is 10.1 Å². The van der Waals surface area contributed by atoms with E-state index in [-0.39, 0.29) is 4.90 Å². The highest BCUT2D eigenvalue weighted by molar-refractivity contribution is 7.86. The molecule has 0 heterocycles. The summed E-state index contributed by atoms with van der Waals surface area (Å²) in [4.78, 5) is 0.0529. The van der Waals surface area contributed by atoms with Crippen molar-refractivity contribution in [2.75, 3.05) is 7.11 Å². The summed E-state index contributed by atoms with van der Waals surface area (Å²) in [5.41, 5.74) is 0.623. The Morgan fingerprint density at radius 1 is 1.00 bits per heavy atom. The largest absolute Gasteiger partial charge is 0.496 e. The van der Waals surface area contributed by atoms with E-state index in [0.29, 0.717) is 11.3 Å². The van der Waals surface area contributed by atoms with Gasteiger partial charge in [-0.2, -0.15) is 8.42 Å². The smallest absolute Gasteiger partial charge is 0.358 e. The molecule has 0 radical (unpaired) electrons. The van der Waals surface area contributed by atoms with Gasteiger partial charge < -0.3 is 4.74 Å². The fourth-order valence-electron chi connectivity index (χ4n) is 1.54. The first-order valence-corrected chi connectivity index (χ1v) is 7.19. The lowest BCUT2D eigenvalue weighted by Gasteiger charge is -2.03. The van der Waals surface area contributed by atoms with Crippen LogP contribution in [0.1, 0.15) is 5.56 Å². The van der Waals surface area contributed by atoms with Gasteiger partial charge in [0.25, 0.3) is 0 Å². The van der Waals surface area contributed by atoms with Crippen molar-refractivity contribution in [1.29, 1.82) is 0 Å². The van der Waals surface area contributed by atoms with Gasteiger partial charge in [0.2, 0.25) is 0 Å². The number of benzene rings is 2. The van der Waals surface area contributed by atoms with Crippen LogP contribution in [0.5, 0.6) is 5.75 Å². The van der Waals surface area contributed by atoms with E-state index in [4.69, 9.17) is 4.74 Å². The molecule has 0 bridgehead atoms. The SMILES string of the molecule is COc1ccccc1C=NOS(=O)(=O)c1ccccc1.